The Labute approximate surface area is 203 Å². The van der Waals surface area contributed by atoms with Gasteiger partial charge in [-0.1, -0.05) is 26.0 Å². The van der Waals surface area contributed by atoms with Crippen molar-refractivity contribution in [3.05, 3.63) is 64.7 Å². The molecule has 0 spiro atoms. The zero-order chi connectivity index (χ0) is 24.9. The average molecular weight is 471 g/mol. The van der Waals surface area contributed by atoms with Gasteiger partial charge in [0.05, 0.1) is 19.8 Å². The number of nitrogens with zero attached hydrogens (tertiary/aromatic N) is 1. The summed E-state index contributed by atoms with van der Waals surface area (Å²) in [5.41, 5.74) is 2.76. The molecule has 0 aliphatic rings. The van der Waals surface area contributed by atoms with Crippen molar-refractivity contribution in [2.45, 2.75) is 52.7 Å². The molecule has 1 unspecified atom stereocenters. The molecule has 0 heterocycles. The highest BCUT2D eigenvalue weighted by Gasteiger charge is 2.17. The minimum atomic E-state index is -0.732. The molecule has 2 aromatic rings. The zero-order valence-electron chi connectivity index (χ0n) is 20.8. The molecule has 2 aromatic carbocycles. The average Bonchev–Trinajstić information content (AvgIpc) is 2.84. The molecule has 0 fully saturated rings. The number of rotatable bonds is 14. The van der Waals surface area contributed by atoms with Crippen LogP contribution in [-0.2, 0) is 11.3 Å². The van der Waals surface area contributed by atoms with E-state index in [1.54, 1.807) is 19.2 Å². The van der Waals surface area contributed by atoms with Crippen LogP contribution in [-0.4, -0.2) is 61.3 Å². The van der Waals surface area contributed by atoms with Crippen LogP contribution in [0.4, 0.5) is 0 Å². The molecule has 34 heavy (non-hydrogen) atoms. The molecule has 7 heteroatoms. The fraction of sp³-hybridized carbons (Fsp3) is 0.481. The Balaban J connectivity index is 1.84. The van der Waals surface area contributed by atoms with E-state index in [2.05, 4.69) is 5.32 Å². The number of aliphatic hydroxyl groups excluding tert-OH is 1. The first-order chi connectivity index (χ1) is 16.4. The van der Waals surface area contributed by atoms with Crippen LogP contribution in [0.5, 0.6) is 5.75 Å². The topological polar surface area (TPSA) is 88.1 Å². The first-order valence-corrected chi connectivity index (χ1v) is 12.0. The Morgan fingerprint density at radius 2 is 1.76 bits per heavy atom. The van der Waals surface area contributed by atoms with E-state index in [-0.39, 0.29) is 18.4 Å². The minimum Gasteiger partial charge on any atom is -0.497 e. The van der Waals surface area contributed by atoms with Gasteiger partial charge in [0, 0.05) is 37.4 Å². The number of benzene rings is 2. The predicted molar refractivity (Wildman–Crippen MR) is 133 cm³/mol. The van der Waals surface area contributed by atoms with Crippen molar-refractivity contribution in [3.8, 4) is 5.75 Å². The van der Waals surface area contributed by atoms with E-state index in [1.165, 1.54) is 0 Å². The van der Waals surface area contributed by atoms with E-state index in [4.69, 9.17) is 9.47 Å². The first-order valence-electron chi connectivity index (χ1n) is 12.0. The highest BCUT2D eigenvalue weighted by molar-refractivity contribution is 6.00. The van der Waals surface area contributed by atoms with E-state index in [0.29, 0.717) is 43.9 Å². The molecule has 7 nitrogen and oxygen atoms in total. The van der Waals surface area contributed by atoms with Crippen LogP contribution >= 0.6 is 0 Å². The smallest absolute Gasteiger partial charge is 0.253 e. The largest absolute Gasteiger partial charge is 0.497 e. The lowest BCUT2D eigenvalue weighted by molar-refractivity contribution is 0.0693. The number of amides is 2. The van der Waals surface area contributed by atoms with Crippen molar-refractivity contribution in [2.24, 2.45) is 0 Å². The molecular weight excluding hydrogens is 432 g/mol. The summed E-state index contributed by atoms with van der Waals surface area (Å²) in [6, 6.07) is 12.8. The van der Waals surface area contributed by atoms with Crippen molar-refractivity contribution in [1.82, 2.24) is 10.2 Å². The molecule has 0 saturated carbocycles. The van der Waals surface area contributed by atoms with Crippen LogP contribution in [0.15, 0.2) is 42.5 Å². The van der Waals surface area contributed by atoms with E-state index in [0.717, 1.165) is 29.7 Å². The van der Waals surface area contributed by atoms with Gasteiger partial charge in [0.1, 0.15) is 5.75 Å². The van der Waals surface area contributed by atoms with Crippen molar-refractivity contribution in [3.63, 3.8) is 0 Å². The normalized spacial score (nSPS) is 11.7. The molecule has 0 aromatic heterocycles. The van der Waals surface area contributed by atoms with Gasteiger partial charge in [0.15, 0.2) is 0 Å². The molecule has 186 valence electrons. The summed E-state index contributed by atoms with van der Waals surface area (Å²) in [4.78, 5) is 27.4. The van der Waals surface area contributed by atoms with Crippen LogP contribution in [0.2, 0.25) is 0 Å². The molecule has 2 amide bonds. The molecule has 1 atom stereocenters. The molecule has 2 N–H and O–H groups in total. The number of hydrogen-bond acceptors (Lipinski definition) is 5. The number of hydrogen-bond donors (Lipinski definition) is 2. The monoisotopic (exact) mass is 470 g/mol. The lowest BCUT2D eigenvalue weighted by Gasteiger charge is -2.22. The van der Waals surface area contributed by atoms with Gasteiger partial charge >= 0.3 is 0 Å². The standard InChI is InChI=1S/C27H38N2O5/c1-5-11-29(12-6-2)27(32)23-15-20(3)14-22(17-23)26(31)28-18-24(30)10-13-34-19-21-8-7-9-25(16-21)33-4/h7-9,14-17,24,30H,5-6,10-13,18-19H2,1-4H3,(H,28,31). The summed E-state index contributed by atoms with van der Waals surface area (Å²) >= 11 is 0. The summed E-state index contributed by atoms with van der Waals surface area (Å²) < 4.78 is 10.8. The molecule has 0 aliphatic heterocycles. The maximum Gasteiger partial charge on any atom is 0.253 e. The third kappa shape index (κ3) is 8.80. The van der Waals surface area contributed by atoms with Crippen LogP contribution in [0.1, 0.15) is 65.0 Å². The van der Waals surface area contributed by atoms with Crippen molar-refractivity contribution >= 4 is 11.8 Å². The summed E-state index contributed by atoms with van der Waals surface area (Å²) in [5, 5.41) is 13.0. The molecule has 0 bridgehead atoms. The number of methoxy groups -OCH3 is 1. The van der Waals surface area contributed by atoms with Gasteiger partial charge in [0.25, 0.3) is 11.8 Å². The van der Waals surface area contributed by atoms with Crippen molar-refractivity contribution < 1.29 is 24.2 Å². The number of aryl methyl sites for hydroxylation is 1. The van der Waals surface area contributed by atoms with E-state index < -0.39 is 6.10 Å². The van der Waals surface area contributed by atoms with Gasteiger partial charge in [-0.2, -0.15) is 0 Å². The fourth-order valence-electron chi connectivity index (χ4n) is 3.66. The first kappa shape index (κ1) is 27.3. The second-order valence-electron chi connectivity index (χ2n) is 8.44. The number of ether oxygens (including phenoxy) is 2. The van der Waals surface area contributed by atoms with Gasteiger partial charge in [0.2, 0.25) is 0 Å². The fourth-order valence-corrected chi connectivity index (χ4v) is 3.66. The summed E-state index contributed by atoms with van der Waals surface area (Å²) in [7, 11) is 1.62. The Bertz CT molecular complexity index is 925. The number of aliphatic hydroxyl groups is 1. The van der Waals surface area contributed by atoms with Crippen LogP contribution in [0, 0.1) is 6.92 Å². The van der Waals surface area contributed by atoms with Gasteiger partial charge in [-0.3, -0.25) is 9.59 Å². The highest BCUT2D eigenvalue weighted by Crippen LogP contribution is 2.15. The highest BCUT2D eigenvalue weighted by atomic mass is 16.5. The molecule has 0 radical (unpaired) electrons. The second-order valence-corrected chi connectivity index (χ2v) is 8.44. The van der Waals surface area contributed by atoms with Gasteiger partial charge in [-0.05, 0) is 67.6 Å². The molecule has 0 aliphatic carbocycles. The Morgan fingerprint density at radius 3 is 2.44 bits per heavy atom. The van der Waals surface area contributed by atoms with Gasteiger partial charge in [-0.15, -0.1) is 0 Å². The summed E-state index contributed by atoms with van der Waals surface area (Å²) in [5.74, 6) is 0.398. The number of nitrogens with one attached hydrogen (secondary N) is 1. The molecular formula is C27H38N2O5. The third-order valence-electron chi connectivity index (χ3n) is 5.36. The van der Waals surface area contributed by atoms with Crippen molar-refractivity contribution in [2.75, 3.05) is 33.4 Å². The predicted octanol–water partition coefficient (Wildman–Crippen LogP) is 3.96. The number of carbonyl (C=O) groups is 2. The zero-order valence-corrected chi connectivity index (χ0v) is 20.8. The SMILES string of the molecule is CCCN(CCC)C(=O)c1cc(C)cc(C(=O)NCC(O)CCOCc2cccc(OC)c2)c1. The quantitative estimate of drug-likeness (QED) is 0.408. The lowest BCUT2D eigenvalue weighted by Crippen LogP contribution is -2.34. The second kappa shape index (κ2) is 14.4. The van der Waals surface area contributed by atoms with Gasteiger partial charge in [-0.25, -0.2) is 0 Å². The lowest BCUT2D eigenvalue weighted by atomic mass is 10.0. The van der Waals surface area contributed by atoms with Crippen LogP contribution in [0.25, 0.3) is 0 Å². The van der Waals surface area contributed by atoms with E-state index >= 15 is 0 Å². The number of carbonyl (C=O) groups excluding carboxylic acids is 2. The Kier molecular flexibility index (Phi) is 11.6. The Hall–Kier alpha value is -2.90. The van der Waals surface area contributed by atoms with E-state index in [9.17, 15) is 14.7 Å². The summed E-state index contributed by atoms with van der Waals surface area (Å²) in [6.07, 6.45) is 1.42. The van der Waals surface area contributed by atoms with Crippen molar-refractivity contribution in [1.29, 1.82) is 0 Å². The maximum absolute atomic E-state index is 12.9. The van der Waals surface area contributed by atoms with Crippen LogP contribution in [0.3, 0.4) is 0 Å². The van der Waals surface area contributed by atoms with Gasteiger partial charge < -0.3 is 24.8 Å². The minimum absolute atomic E-state index is 0.0605. The van der Waals surface area contributed by atoms with E-state index in [1.807, 2.05) is 56.0 Å². The third-order valence-corrected chi connectivity index (χ3v) is 5.36. The summed E-state index contributed by atoms with van der Waals surface area (Å²) in [6.45, 7) is 8.22. The Morgan fingerprint density at radius 1 is 1.06 bits per heavy atom. The maximum atomic E-state index is 12.9. The molecule has 2 rings (SSSR count). The van der Waals surface area contributed by atoms with Crippen LogP contribution < -0.4 is 10.1 Å². The molecule has 0 saturated heterocycles.